The number of aryl methyl sites for hydroxylation is 1. The van der Waals surface area contributed by atoms with Crippen LogP contribution < -0.4 is 10.2 Å². The van der Waals surface area contributed by atoms with E-state index in [1.807, 2.05) is 0 Å². The summed E-state index contributed by atoms with van der Waals surface area (Å²) in [4.78, 5) is 25.3. The lowest BCUT2D eigenvalue weighted by atomic mass is 9.94. The van der Waals surface area contributed by atoms with Crippen LogP contribution in [0.25, 0.3) is 0 Å². The van der Waals surface area contributed by atoms with Gasteiger partial charge < -0.3 is 10.0 Å². The van der Waals surface area contributed by atoms with Gasteiger partial charge in [-0.25, -0.2) is 4.39 Å². The van der Waals surface area contributed by atoms with E-state index < -0.39 is 29.3 Å². The van der Waals surface area contributed by atoms with Crippen LogP contribution in [-0.4, -0.2) is 29.0 Å². The molecule has 1 heterocycles. The highest BCUT2D eigenvalue weighted by Gasteiger charge is 2.42. The van der Waals surface area contributed by atoms with Crippen LogP contribution in [0.3, 0.4) is 0 Å². The molecule has 1 atom stereocenters. The lowest BCUT2D eigenvalue weighted by Crippen LogP contribution is -2.64. The van der Waals surface area contributed by atoms with Crippen molar-refractivity contribution in [1.82, 2.24) is 5.32 Å². The first-order valence-electron chi connectivity index (χ1n) is 6.74. The van der Waals surface area contributed by atoms with Gasteiger partial charge in [-0.15, -0.1) is 0 Å². The van der Waals surface area contributed by atoms with E-state index in [0.29, 0.717) is 16.8 Å². The number of hydrogen-bond donors (Lipinski definition) is 2. The van der Waals surface area contributed by atoms with E-state index in [1.54, 1.807) is 31.7 Å². The molecule has 2 amide bonds. The number of anilines is 1. The fourth-order valence-electron chi connectivity index (χ4n) is 2.42. The third-order valence-corrected chi connectivity index (χ3v) is 3.83. The fraction of sp³-hybridized carbons (Fsp3) is 0.467. The average Bonchev–Trinajstić information content (AvgIpc) is 2.37. The maximum atomic E-state index is 13.8. The summed E-state index contributed by atoms with van der Waals surface area (Å²) in [5.74, 6) is -1.27. The first-order valence-corrected chi connectivity index (χ1v) is 6.74. The minimum absolute atomic E-state index is 0.0243. The van der Waals surface area contributed by atoms with Crippen LogP contribution >= 0.6 is 0 Å². The lowest BCUT2D eigenvalue weighted by molar-refractivity contribution is -0.135. The Morgan fingerprint density at radius 2 is 2.00 bits per heavy atom. The zero-order chi connectivity index (χ0) is 15.9. The highest BCUT2D eigenvalue weighted by Crippen LogP contribution is 2.34. The van der Waals surface area contributed by atoms with E-state index in [9.17, 15) is 19.1 Å². The van der Waals surface area contributed by atoms with Crippen molar-refractivity contribution in [3.05, 3.63) is 29.1 Å². The van der Waals surface area contributed by atoms with Gasteiger partial charge in [0.25, 0.3) is 5.91 Å². The Morgan fingerprint density at radius 3 is 2.57 bits per heavy atom. The van der Waals surface area contributed by atoms with Crippen molar-refractivity contribution in [2.24, 2.45) is 0 Å². The number of piperazine rings is 1. The molecule has 1 aromatic rings. The highest BCUT2D eigenvalue weighted by molar-refractivity contribution is 6.06. The molecule has 6 heteroatoms. The molecule has 0 bridgehead atoms. The summed E-state index contributed by atoms with van der Waals surface area (Å²) in [6, 6.07) is 2.81. The molecule has 1 aromatic carbocycles. The number of imide groups is 1. The lowest BCUT2D eigenvalue weighted by Gasteiger charge is -2.43. The second-order valence-electron chi connectivity index (χ2n) is 5.86. The zero-order valence-electron chi connectivity index (χ0n) is 12.5. The summed E-state index contributed by atoms with van der Waals surface area (Å²) in [7, 11) is 0. The molecule has 0 aliphatic carbocycles. The van der Waals surface area contributed by atoms with Crippen LogP contribution in [0.5, 0.6) is 0 Å². The molecular formula is C15H19FN2O3. The number of carbonyl (C=O) groups is 2. The van der Waals surface area contributed by atoms with Crippen molar-refractivity contribution < 1.29 is 19.1 Å². The normalized spacial score (nSPS) is 19.4. The van der Waals surface area contributed by atoms with Crippen LogP contribution in [0.15, 0.2) is 12.1 Å². The van der Waals surface area contributed by atoms with E-state index in [4.69, 9.17) is 0 Å². The molecule has 0 radical (unpaired) electrons. The zero-order valence-corrected chi connectivity index (χ0v) is 12.5. The molecule has 0 aromatic heterocycles. The van der Waals surface area contributed by atoms with Gasteiger partial charge in [-0.05, 0) is 45.4 Å². The number of amides is 2. The summed E-state index contributed by atoms with van der Waals surface area (Å²) in [5, 5.41) is 12.2. The maximum absolute atomic E-state index is 13.8. The standard InChI is InChI=1S/C15H19FN2O3/c1-8-5-12(10(9(2)19)6-11(8)16)18-7-13(20)17-14(21)15(18,3)4/h5-6,9,19H,7H2,1-4H3,(H,17,20,21)/t9-/m1/s1. The van der Waals surface area contributed by atoms with Gasteiger partial charge >= 0.3 is 0 Å². The molecule has 21 heavy (non-hydrogen) atoms. The number of aliphatic hydroxyl groups excluding tert-OH is 1. The molecule has 2 N–H and O–H groups in total. The van der Waals surface area contributed by atoms with Crippen molar-refractivity contribution in [1.29, 1.82) is 0 Å². The molecule has 5 nitrogen and oxygen atoms in total. The van der Waals surface area contributed by atoms with Gasteiger partial charge in [0.05, 0.1) is 12.6 Å². The Kier molecular flexibility index (Phi) is 3.76. The summed E-state index contributed by atoms with van der Waals surface area (Å²) in [6.07, 6.45) is -0.911. The fourth-order valence-corrected chi connectivity index (χ4v) is 2.42. The van der Waals surface area contributed by atoms with Crippen LogP contribution in [0.4, 0.5) is 10.1 Å². The number of aliphatic hydroxyl groups is 1. The van der Waals surface area contributed by atoms with E-state index in [1.165, 1.54) is 13.0 Å². The van der Waals surface area contributed by atoms with Crippen molar-refractivity contribution in [3.63, 3.8) is 0 Å². The van der Waals surface area contributed by atoms with E-state index in [-0.39, 0.29) is 6.54 Å². The highest BCUT2D eigenvalue weighted by atomic mass is 19.1. The summed E-state index contributed by atoms with van der Waals surface area (Å²) < 4.78 is 13.8. The van der Waals surface area contributed by atoms with Crippen molar-refractivity contribution >= 4 is 17.5 Å². The van der Waals surface area contributed by atoms with Crippen LogP contribution in [0, 0.1) is 12.7 Å². The van der Waals surface area contributed by atoms with Crippen molar-refractivity contribution in [2.45, 2.75) is 39.3 Å². The second-order valence-corrected chi connectivity index (χ2v) is 5.86. The van der Waals surface area contributed by atoms with Crippen LogP contribution in [0.2, 0.25) is 0 Å². The van der Waals surface area contributed by atoms with Crippen LogP contribution in [-0.2, 0) is 9.59 Å². The topological polar surface area (TPSA) is 69.6 Å². The summed E-state index contributed by atoms with van der Waals surface area (Å²) in [5.41, 5.74) is 0.274. The third kappa shape index (κ3) is 2.63. The number of halogens is 1. The number of nitrogens with zero attached hydrogens (tertiary/aromatic N) is 1. The first-order chi connectivity index (χ1) is 9.64. The molecular weight excluding hydrogens is 275 g/mol. The largest absolute Gasteiger partial charge is 0.389 e. The number of hydrogen-bond acceptors (Lipinski definition) is 4. The molecule has 1 saturated heterocycles. The number of carbonyl (C=O) groups excluding carboxylic acids is 2. The smallest absolute Gasteiger partial charge is 0.251 e. The minimum atomic E-state index is -0.970. The van der Waals surface area contributed by atoms with Gasteiger partial charge in [0.2, 0.25) is 5.91 Å². The number of nitrogens with one attached hydrogen (secondary N) is 1. The molecule has 1 fully saturated rings. The monoisotopic (exact) mass is 294 g/mol. The maximum Gasteiger partial charge on any atom is 0.251 e. The average molecular weight is 294 g/mol. The first kappa shape index (κ1) is 15.4. The SMILES string of the molecule is Cc1cc(N2CC(=O)NC(=O)C2(C)C)c([C@@H](C)O)cc1F. The second kappa shape index (κ2) is 5.11. The Balaban J connectivity index is 2.61. The molecule has 0 saturated carbocycles. The van der Waals surface area contributed by atoms with Gasteiger partial charge in [0.15, 0.2) is 0 Å². The molecule has 2 rings (SSSR count). The predicted octanol–water partition coefficient (Wildman–Crippen LogP) is 1.43. The summed E-state index contributed by atoms with van der Waals surface area (Å²) >= 11 is 0. The van der Waals surface area contributed by atoms with Crippen LogP contribution in [0.1, 0.15) is 38.0 Å². The van der Waals surface area contributed by atoms with Gasteiger partial charge in [-0.1, -0.05) is 0 Å². The van der Waals surface area contributed by atoms with Gasteiger partial charge in [-0.3, -0.25) is 14.9 Å². The molecule has 0 unspecified atom stereocenters. The Hall–Kier alpha value is -1.95. The van der Waals surface area contributed by atoms with Crippen molar-refractivity contribution in [3.8, 4) is 0 Å². The molecule has 1 aliphatic heterocycles. The summed E-state index contributed by atoms with van der Waals surface area (Å²) in [6.45, 7) is 6.46. The quantitative estimate of drug-likeness (QED) is 0.810. The predicted molar refractivity (Wildman–Crippen MR) is 76.3 cm³/mol. The molecule has 0 spiro atoms. The Labute approximate surface area is 122 Å². The third-order valence-electron chi connectivity index (χ3n) is 3.83. The van der Waals surface area contributed by atoms with Gasteiger partial charge in [-0.2, -0.15) is 0 Å². The number of rotatable bonds is 2. The number of benzene rings is 1. The minimum Gasteiger partial charge on any atom is -0.389 e. The van der Waals surface area contributed by atoms with E-state index in [2.05, 4.69) is 5.32 Å². The molecule has 114 valence electrons. The van der Waals surface area contributed by atoms with Gasteiger partial charge in [0, 0.05) is 11.3 Å². The van der Waals surface area contributed by atoms with Gasteiger partial charge in [0.1, 0.15) is 11.4 Å². The Morgan fingerprint density at radius 1 is 1.38 bits per heavy atom. The molecule has 1 aliphatic rings. The van der Waals surface area contributed by atoms with E-state index in [0.717, 1.165) is 0 Å². The van der Waals surface area contributed by atoms with E-state index >= 15 is 0 Å². The van der Waals surface area contributed by atoms with Crippen molar-refractivity contribution in [2.75, 3.05) is 11.4 Å². The Bertz CT molecular complexity index is 611.